The molecule has 1 N–H and O–H groups in total. The SMILES string of the molecule is CC(C)Cc1nnc(NC(=O)CCC(=O)N2CCCC[C@H]2C)s1. The molecule has 6 nitrogen and oxygen atoms in total. The van der Waals surface area contributed by atoms with Crippen LogP contribution in [0.5, 0.6) is 0 Å². The molecule has 2 heterocycles. The maximum absolute atomic E-state index is 12.2. The third-order valence-corrected chi connectivity index (χ3v) is 4.85. The Labute approximate surface area is 141 Å². The first kappa shape index (κ1) is 17.8. The fraction of sp³-hybridized carbons (Fsp3) is 0.750. The van der Waals surface area contributed by atoms with Crippen LogP contribution in [0.3, 0.4) is 0 Å². The van der Waals surface area contributed by atoms with Crippen molar-refractivity contribution >= 4 is 28.3 Å². The monoisotopic (exact) mass is 338 g/mol. The number of rotatable bonds is 6. The van der Waals surface area contributed by atoms with Crippen LogP contribution in [0, 0.1) is 5.92 Å². The lowest BCUT2D eigenvalue weighted by molar-refractivity contribution is -0.135. The van der Waals surface area contributed by atoms with Crippen molar-refractivity contribution in [2.24, 2.45) is 5.92 Å². The highest BCUT2D eigenvalue weighted by Gasteiger charge is 2.23. The van der Waals surface area contributed by atoms with Gasteiger partial charge in [0, 0.05) is 31.8 Å². The first-order valence-corrected chi connectivity index (χ1v) is 9.19. The standard InChI is InChI=1S/C16H26N4O2S/c1-11(2)10-14-18-19-16(23-14)17-13(21)7-8-15(22)20-9-5-4-6-12(20)3/h11-12H,4-10H2,1-3H3,(H,17,19,21)/t12-/m1/s1. The maximum Gasteiger partial charge on any atom is 0.226 e. The lowest BCUT2D eigenvalue weighted by Gasteiger charge is -2.33. The lowest BCUT2D eigenvalue weighted by atomic mass is 10.0. The van der Waals surface area contributed by atoms with Crippen LogP contribution in [0.4, 0.5) is 5.13 Å². The number of carbonyl (C=O) groups excluding carboxylic acids is 2. The van der Waals surface area contributed by atoms with Crippen LogP contribution in [0.1, 0.15) is 57.9 Å². The van der Waals surface area contributed by atoms with Crippen molar-refractivity contribution in [3.8, 4) is 0 Å². The van der Waals surface area contributed by atoms with E-state index in [0.29, 0.717) is 17.1 Å². The molecule has 0 unspecified atom stereocenters. The van der Waals surface area contributed by atoms with Crippen LogP contribution < -0.4 is 5.32 Å². The van der Waals surface area contributed by atoms with E-state index in [2.05, 4.69) is 36.3 Å². The fourth-order valence-corrected chi connectivity index (χ4v) is 3.72. The number of hydrogen-bond donors (Lipinski definition) is 1. The molecular weight excluding hydrogens is 312 g/mol. The minimum Gasteiger partial charge on any atom is -0.340 e. The van der Waals surface area contributed by atoms with Crippen molar-refractivity contribution < 1.29 is 9.59 Å². The Kier molecular flexibility index (Phi) is 6.50. The predicted molar refractivity (Wildman–Crippen MR) is 91.3 cm³/mol. The van der Waals surface area contributed by atoms with E-state index in [9.17, 15) is 9.59 Å². The van der Waals surface area contributed by atoms with Gasteiger partial charge in [0.15, 0.2) is 0 Å². The molecular formula is C16H26N4O2S. The Morgan fingerprint density at radius 1 is 1.30 bits per heavy atom. The van der Waals surface area contributed by atoms with E-state index in [1.54, 1.807) is 0 Å². The van der Waals surface area contributed by atoms with E-state index in [4.69, 9.17) is 0 Å². The van der Waals surface area contributed by atoms with Gasteiger partial charge in [-0.2, -0.15) is 0 Å². The Balaban J connectivity index is 1.76. The summed E-state index contributed by atoms with van der Waals surface area (Å²) in [5.74, 6) is 0.413. The minimum atomic E-state index is -0.171. The summed E-state index contributed by atoms with van der Waals surface area (Å²) in [4.78, 5) is 26.1. The number of piperidine rings is 1. The smallest absolute Gasteiger partial charge is 0.226 e. The van der Waals surface area contributed by atoms with E-state index in [-0.39, 0.29) is 24.7 Å². The maximum atomic E-state index is 12.2. The van der Waals surface area contributed by atoms with Crippen LogP contribution in [0.25, 0.3) is 0 Å². The van der Waals surface area contributed by atoms with E-state index >= 15 is 0 Å². The molecule has 2 amide bonds. The second-order valence-corrected chi connectivity index (χ2v) is 7.64. The van der Waals surface area contributed by atoms with Gasteiger partial charge in [-0.25, -0.2) is 0 Å². The van der Waals surface area contributed by atoms with Crippen LogP contribution in [0.15, 0.2) is 0 Å². The second kappa shape index (κ2) is 8.38. The van der Waals surface area contributed by atoms with Crippen LogP contribution >= 0.6 is 11.3 Å². The highest BCUT2D eigenvalue weighted by atomic mass is 32.1. The molecule has 128 valence electrons. The Morgan fingerprint density at radius 2 is 2.09 bits per heavy atom. The number of amides is 2. The van der Waals surface area contributed by atoms with Gasteiger partial charge in [0.05, 0.1) is 0 Å². The molecule has 1 aliphatic rings. The van der Waals surface area contributed by atoms with E-state index in [1.807, 2.05) is 4.90 Å². The van der Waals surface area contributed by atoms with Gasteiger partial charge in [-0.05, 0) is 32.1 Å². The topological polar surface area (TPSA) is 75.2 Å². The molecule has 0 aromatic carbocycles. The molecule has 1 aliphatic heterocycles. The Bertz CT molecular complexity index is 544. The number of anilines is 1. The van der Waals surface area contributed by atoms with Gasteiger partial charge in [-0.1, -0.05) is 25.2 Å². The first-order chi connectivity index (χ1) is 11.0. The third-order valence-electron chi connectivity index (χ3n) is 3.99. The van der Waals surface area contributed by atoms with Gasteiger partial charge in [0.1, 0.15) is 5.01 Å². The average Bonchev–Trinajstić information content (AvgIpc) is 2.91. The van der Waals surface area contributed by atoms with Crippen molar-refractivity contribution in [1.29, 1.82) is 0 Å². The summed E-state index contributed by atoms with van der Waals surface area (Å²) in [7, 11) is 0. The van der Waals surface area contributed by atoms with Gasteiger partial charge in [0.25, 0.3) is 0 Å². The van der Waals surface area contributed by atoms with Crippen molar-refractivity contribution in [1.82, 2.24) is 15.1 Å². The van der Waals surface area contributed by atoms with Crippen molar-refractivity contribution in [3.05, 3.63) is 5.01 Å². The molecule has 0 aliphatic carbocycles. The molecule has 2 rings (SSSR count). The first-order valence-electron chi connectivity index (χ1n) is 8.37. The van der Waals surface area contributed by atoms with Crippen LogP contribution in [0.2, 0.25) is 0 Å². The van der Waals surface area contributed by atoms with Gasteiger partial charge < -0.3 is 10.2 Å². The minimum absolute atomic E-state index is 0.0742. The summed E-state index contributed by atoms with van der Waals surface area (Å²) in [5, 5.41) is 12.2. The second-order valence-electron chi connectivity index (χ2n) is 6.58. The van der Waals surface area contributed by atoms with Crippen molar-refractivity contribution in [2.75, 3.05) is 11.9 Å². The highest BCUT2D eigenvalue weighted by molar-refractivity contribution is 7.15. The quantitative estimate of drug-likeness (QED) is 0.865. The third kappa shape index (κ3) is 5.57. The average molecular weight is 338 g/mol. The van der Waals surface area contributed by atoms with E-state index in [1.165, 1.54) is 17.8 Å². The molecule has 1 fully saturated rings. The lowest BCUT2D eigenvalue weighted by Crippen LogP contribution is -2.42. The molecule has 0 spiro atoms. The molecule has 7 heteroatoms. The fourth-order valence-electron chi connectivity index (χ4n) is 2.75. The summed E-state index contributed by atoms with van der Waals surface area (Å²) in [6.45, 7) is 7.13. The predicted octanol–water partition coefficient (Wildman–Crippen LogP) is 2.86. The molecule has 1 aromatic heterocycles. The molecule has 1 atom stereocenters. The largest absolute Gasteiger partial charge is 0.340 e. The highest BCUT2D eigenvalue weighted by Crippen LogP contribution is 2.20. The summed E-state index contributed by atoms with van der Waals surface area (Å²) < 4.78 is 0. The number of likely N-dealkylation sites (tertiary alicyclic amines) is 1. The van der Waals surface area contributed by atoms with Gasteiger partial charge >= 0.3 is 0 Å². The van der Waals surface area contributed by atoms with Crippen molar-refractivity contribution in [3.63, 3.8) is 0 Å². The zero-order chi connectivity index (χ0) is 16.8. The number of hydrogen-bond acceptors (Lipinski definition) is 5. The van der Waals surface area contributed by atoms with E-state index < -0.39 is 0 Å². The summed E-state index contributed by atoms with van der Waals surface area (Å²) >= 11 is 1.40. The molecule has 0 radical (unpaired) electrons. The Hall–Kier alpha value is -1.50. The Morgan fingerprint density at radius 3 is 2.78 bits per heavy atom. The van der Waals surface area contributed by atoms with Gasteiger partial charge in [-0.3, -0.25) is 9.59 Å². The molecule has 0 saturated carbocycles. The number of carbonyl (C=O) groups is 2. The summed E-state index contributed by atoms with van der Waals surface area (Å²) in [6.07, 6.45) is 4.61. The summed E-state index contributed by atoms with van der Waals surface area (Å²) in [5.41, 5.74) is 0. The molecule has 0 bridgehead atoms. The van der Waals surface area contributed by atoms with Gasteiger partial charge in [0.2, 0.25) is 16.9 Å². The number of nitrogens with one attached hydrogen (secondary N) is 1. The molecule has 23 heavy (non-hydrogen) atoms. The zero-order valence-electron chi connectivity index (χ0n) is 14.2. The van der Waals surface area contributed by atoms with Crippen LogP contribution in [-0.2, 0) is 16.0 Å². The normalized spacial score (nSPS) is 18.3. The number of nitrogens with zero attached hydrogens (tertiary/aromatic N) is 3. The van der Waals surface area contributed by atoms with E-state index in [0.717, 1.165) is 30.8 Å². The summed E-state index contributed by atoms with van der Waals surface area (Å²) in [6, 6.07) is 0.293. The number of aromatic nitrogens is 2. The van der Waals surface area contributed by atoms with Gasteiger partial charge in [-0.15, -0.1) is 10.2 Å². The van der Waals surface area contributed by atoms with Crippen LogP contribution in [-0.4, -0.2) is 39.5 Å². The zero-order valence-corrected chi connectivity index (χ0v) is 15.0. The molecule has 1 aromatic rings. The van der Waals surface area contributed by atoms with Crippen molar-refractivity contribution in [2.45, 2.75) is 65.3 Å². The molecule has 1 saturated heterocycles.